The zero-order valence-corrected chi connectivity index (χ0v) is 13.0. The van der Waals surface area contributed by atoms with Gasteiger partial charge in [-0.15, -0.1) is 0 Å². The van der Waals surface area contributed by atoms with Crippen LogP contribution < -0.4 is 19.5 Å². The average Bonchev–Trinajstić information content (AvgIpc) is 3.02. The Kier molecular flexibility index (Phi) is 4.19. The SMILES string of the molecule is COc1cccc(C(=O)/C=C(\C)Nc2ccc3c(c2)OCO3)c1. The molecule has 118 valence electrons. The molecule has 0 atom stereocenters. The van der Waals surface area contributed by atoms with E-state index in [0.29, 0.717) is 17.1 Å². The van der Waals surface area contributed by atoms with E-state index in [0.717, 1.165) is 17.1 Å². The molecule has 2 aromatic rings. The second-order valence-corrected chi connectivity index (χ2v) is 5.12. The molecule has 0 saturated carbocycles. The Bertz CT molecular complexity index is 767. The lowest BCUT2D eigenvalue weighted by Gasteiger charge is -2.08. The molecule has 0 unspecified atom stereocenters. The number of rotatable bonds is 5. The van der Waals surface area contributed by atoms with E-state index in [4.69, 9.17) is 14.2 Å². The highest BCUT2D eigenvalue weighted by Crippen LogP contribution is 2.34. The second kappa shape index (κ2) is 6.44. The molecule has 0 fully saturated rings. The normalized spacial score (nSPS) is 12.9. The molecule has 0 spiro atoms. The van der Waals surface area contributed by atoms with Gasteiger partial charge < -0.3 is 19.5 Å². The summed E-state index contributed by atoms with van der Waals surface area (Å²) in [6, 6.07) is 12.6. The van der Waals surface area contributed by atoms with Gasteiger partial charge in [-0.3, -0.25) is 4.79 Å². The van der Waals surface area contributed by atoms with Gasteiger partial charge in [-0.2, -0.15) is 0 Å². The smallest absolute Gasteiger partial charge is 0.231 e. The first-order valence-electron chi connectivity index (χ1n) is 7.19. The molecule has 0 amide bonds. The van der Waals surface area contributed by atoms with Crippen molar-refractivity contribution in [1.29, 1.82) is 0 Å². The van der Waals surface area contributed by atoms with Gasteiger partial charge in [-0.05, 0) is 31.2 Å². The van der Waals surface area contributed by atoms with Gasteiger partial charge >= 0.3 is 0 Å². The van der Waals surface area contributed by atoms with Gasteiger partial charge in [0, 0.05) is 29.1 Å². The van der Waals surface area contributed by atoms with Crippen molar-refractivity contribution >= 4 is 11.5 Å². The number of methoxy groups -OCH3 is 1. The Hall–Kier alpha value is -2.95. The van der Waals surface area contributed by atoms with Crippen molar-refractivity contribution in [3.63, 3.8) is 0 Å². The summed E-state index contributed by atoms with van der Waals surface area (Å²) in [7, 11) is 1.58. The second-order valence-electron chi connectivity index (χ2n) is 5.12. The minimum Gasteiger partial charge on any atom is -0.497 e. The highest BCUT2D eigenvalue weighted by atomic mass is 16.7. The Balaban J connectivity index is 1.72. The molecule has 0 radical (unpaired) electrons. The van der Waals surface area contributed by atoms with Crippen molar-refractivity contribution in [2.24, 2.45) is 0 Å². The van der Waals surface area contributed by atoms with Crippen LogP contribution in [-0.4, -0.2) is 19.7 Å². The number of allylic oxidation sites excluding steroid dienone is 2. The molecule has 2 aromatic carbocycles. The number of hydrogen-bond acceptors (Lipinski definition) is 5. The number of carbonyl (C=O) groups is 1. The molecule has 23 heavy (non-hydrogen) atoms. The predicted octanol–water partition coefficient (Wildman–Crippen LogP) is 3.62. The molecular formula is C18H17NO4. The van der Waals surface area contributed by atoms with Crippen LogP contribution in [0.15, 0.2) is 54.2 Å². The number of ether oxygens (including phenoxy) is 3. The van der Waals surface area contributed by atoms with Crippen molar-refractivity contribution in [1.82, 2.24) is 0 Å². The maximum absolute atomic E-state index is 12.3. The third-order valence-electron chi connectivity index (χ3n) is 3.42. The number of anilines is 1. The maximum Gasteiger partial charge on any atom is 0.231 e. The van der Waals surface area contributed by atoms with Gasteiger partial charge in [0.1, 0.15) is 5.75 Å². The molecule has 1 aliphatic heterocycles. The van der Waals surface area contributed by atoms with Crippen LogP contribution in [0.25, 0.3) is 0 Å². The van der Waals surface area contributed by atoms with Gasteiger partial charge in [-0.1, -0.05) is 12.1 Å². The van der Waals surface area contributed by atoms with Gasteiger partial charge in [0.05, 0.1) is 7.11 Å². The molecular weight excluding hydrogens is 294 g/mol. The van der Waals surface area contributed by atoms with Crippen LogP contribution in [0.1, 0.15) is 17.3 Å². The van der Waals surface area contributed by atoms with E-state index in [2.05, 4.69) is 5.32 Å². The van der Waals surface area contributed by atoms with Crippen LogP contribution in [0.5, 0.6) is 17.2 Å². The highest BCUT2D eigenvalue weighted by molar-refractivity contribution is 6.05. The number of carbonyl (C=O) groups excluding carboxylic acids is 1. The fourth-order valence-electron chi connectivity index (χ4n) is 2.29. The van der Waals surface area contributed by atoms with E-state index in [1.165, 1.54) is 0 Å². The lowest BCUT2D eigenvalue weighted by atomic mass is 10.1. The van der Waals surface area contributed by atoms with E-state index < -0.39 is 0 Å². The Labute approximate surface area is 134 Å². The Morgan fingerprint density at radius 3 is 2.83 bits per heavy atom. The summed E-state index contributed by atoms with van der Waals surface area (Å²) in [5, 5.41) is 3.17. The third-order valence-corrected chi connectivity index (χ3v) is 3.42. The molecule has 0 aliphatic carbocycles. The van der Waals surface area contributed by atoms with Crippen molar-refractivity contribution in [2.75, 3.05) is 19.2 Å². The number of hydrogen-bond donors (Lipinski definition) is 1. The van der Waals surface area contributed by atoms with E-state index in [9.17, 15) is 4.79 Å². The summed E-state index contributed by atoms with van der Waals surface area (Å²) in [6.45, 7) is 2.07. The number of benzene rings is 2. The lowest BCUT2D eigenvalue weighted by molar-refractivity contribution is 0.104. The molecule has 1 N–H and O–H groups in total. The first-order valence-corrected chi connectivity index (χ1v) is 7.19. The van der Waals surface area contributed by atoms with Gasteiger partial charge in [-0.25, -0.2) is 0 Å². The summed E-state index contributed by atoms with van der Waals surface area (Å²) >= 11 is 0. The molecule has 1 heterocycles. The van der Waals surface area contributed by atoms with Crippen LogP contribution >= 0.6 is 0 Å². The first-order chi connectivity index (χ1) is 11.2. The third kappa shape index (κ3) is 3.45. The van der Waals surface area contributed by atoms with Gasteiger partial charge in [0.2, 0.25) is 6.79 Å². The Morgan fingerprint density at radius 1 is 1.17 bits per heavy atom. The number of ketones is 1. The Morgan fingerprint density at radius 2 is 2.00 bits per heavy atom. The molecule has 5 nitrogen and oxygen atoms in total. The molecule has 0 aromatic heterocycles. The highest BCUT2D eigenvalue weighted by Gasteiger charge is 2.13. The summed E-state index contributed by atoms with van der Waals surface area (Å²) in [5.74, 6) is 1.99. The average molecular weight is 311 g/mol. The topological polar surface area (TPSA) is 56.8 Å². The van der Waals surface area contributed by atoms with E-state index in [-0.39, 0.29) is 12.6 Å². The van der Waals surface area contributed by atoms with Crippen LogP contribution in [0.4, 0.5) is 5.69 Å². The van der Waals surface area contributed by atoms with Crippen molar-refractivity contribution in [3.05, 3.63) is 59.8 Å². The monoisotopic (exact) mass is 311 g/mol. The van der Waals surface area contributed by atoms with E-state index >= 15 is 0 Å². The summed E-state index contributed by atoms with van der Waals surface area (Å²) in [5.41, 5.74) is 2.15. The summed E-state index contributed by atoms with van der Waals surface area (Å²) in [6.07, 6.45) is 1.55. The molecule has 5 heteroatoms. The fourth-order valence-corrected chi connectivity index (χ4v) is 2.29. The zero-order valence-electron chi connectivity index (χ0n) is 13.0. The van der Waals surface area contributed by atoms with Crippen molar-refractivity contribution < 1.29 is 19.0 Å². The maximum atomic E-state index is 12.3. The quantitative estimate of drug-likeness (QED) is 0.675. The van der Waals surface area contributed by atoms with Crippen LogP contribution in [-0.2, 0) is 0 Å². The largest absolute Gasteiger partial charge is 0.497 e. The summed E-state index contributed by atoms with van der Waals surface area (Å²) in [4.78, 5) is 12.3. The fraction of sp³-hybridized carbons (Fsp3) is 0.167. The van der Waals surface area contributed by atoms with Crippen molar-refractivity contribution in [3.8, 4) is 17.2 Å². The van der Waals surface area contributed by atoms with E-state index in [1.54, 1.807) is 37.5 Å². The zero-order chi connectivity index (χ0) is 16.2. The predicted molar refractivity (Wildman–Crippen MR) is 87.3 cm³/mol. The van der Waals surface area contributed by atoms with Gasteiger partial charge in [0.15, 0.2) is 17.3 Å². The first kappa shape index (κ1) is 15.0. The minimum atomic E-state index is -0.0883. The standard InChI is InChI=1S/C18H17NO4/c1-12(8-16(20)13-4-3-5-15(9-13)21-2)19-14-6-7-17-18(10-14)23-11-22-17/h3-10,19H,11H2,1-2H3/b12-8+. The molecule has 0 saturated heterocycles. The van der Waals surface area contributed by atoms with Crippen LogP contribution in [0.2, 0.25) is 0 Å². The molecule has 0 bridgehead atoms. The lowest BCUT2D eigenvalue weighted by Crippen LogP contribution is -2.01. The minimum absolute atomic E-state index is 0.0883. The van der Waals surface area contributed by atoms with Crippen molar-refractivity contribution in [2.45, 2.75) is 6.92 Å². The summed E-state index contributed by atoms with van der Waals surface area (Å²) < 4.78 is 15.7. The van der Waals surface area contributed by atoms with E-state index in [1.807, 2.05) is 25.1 Å². The number of fused-ring (bicyclic) bond motifs is 1. The van der Waals surface area contributed by atoms with Crippen LogP contribution in [0.3, 0.4) is 0 Å². The van der Waals surface area contributed by atoms with Gasteiger partial charge in [0.25, 0.3) is 0 Å². The number of nitrogens with one attached hydrogen (secondary N) is 1. The molecule has 3 rings (SSSR count). The van der Waals surface area contributed by atoms with Crippen LogP contribution in [0, 0.1) is 0 Å². The molecule has 1 aliphatic rings.